The van der Waals surface area contributed by atoms with E-state index in [2.05, 4.69) is 10.3 Å². The molecule has 0 unspecified atom stereocenters. The summed E-state index contributed by atoms with van der Waals surface area (Å²) < 4.78 is 12.4. The SMILES string of the molecule is O=C(Cn1cnc2c(Cl)cc(Cl)cc2c1=O)Nc1ccc2c(c1)OCCCO2. The summed E-state index contributed by atoms with van der Waals surface area (Å²) in [6, 6.07) is 8.14. The number of benzene rings is 2. The first kappa shape index (κ1) is 18.6. The van der Waals surface area contributed by atoms with Crippen LogP contribution in [0, 0.1) is 0 Å². The van der Waals surface area contributed by atoms with Crippen molar-refractivity contribution < 1.29 is 14.3 Å². The fraction of sp³-hybridized carbons (Fsp3) is 0.211. The molecule has 2 heterocycles. The van der Waals surface area contributed by atoms with E-state index >= 15 is 0 Å². The van der Waals surface area contributed by atoms with Crippen LogP contribution in [0.5, 0.6) is 11.5 Å². The maximum absolute atomic E-state index is 12.6. The lowest BCUT2D eigenvalue weighted by atomic mass is 10.2. The van der Waals surface area contributed by atoms with Crippen LogP contribution in [0.2, 0.25) is 10.0 Å². The second-order valence-corrected chi connectivity index (χ2v) is 7.07. The van der Waals surface area contributed by atoms with Crippen LogP contribution in [0.25, 0.3) is 10.9 Å². The number of hydrogen-bond acceptors (Lipinski definition) is 5. The maximum Gasteiger partial charge on any atom is 0.261 e. The topological polar surface area (TPSA) is 82.5 Å². The third-order valence-corrected chi connectivity index (χ3v) is 4.70. The fourth-order valence-corrected chi connectivity index (χ4v) is 3.45. The summed E-state index contributed by atoms with van der Waals surface area (Å²) in [6.45, 7) is 0.929. The minimum absolute atomic E-state index is 0.208. The number of halogens is 2. The number of nitrogens with one attached hydrogen (secondary N) is 1. The number of hydrogen-bond donors (Lipinski definition) is 1. The first-order chi connectivity index (χ1) is 13.5. The Balaban J connectivity index is 1.55. The fourth-order valence-electron chi connectivity index (χ4n) is 2.90. The highest BCUT2D eigenvalue weighted by Crippen LogP contribution is 2.32. The Labute approximate surface area is 169 Å². The third-order valence-electron chi connectivity index (χ3n) is 4.19. The summed E-state index contributed by atoms with van der Waals surface area (Å²) in [5.74, 6) is 0.828. The molecule has 1 aliphatic heterocycles. The molecule has 3 aromatic rings. The van der Waals surface area contributed by atoms with Crippen molar-refractivity contribution in [2.24, 2.45) is 0 Å². The van der Waals surface area contributed by atoms with Crippen molar-refractivity contribution >= 4 is 45.7 Å². The van der Waals surface area contributed by atoms with Gasteiger partial charge in [0.1, 0.15) is 6.54 Å². The monoisotopic (exact) mass is 419 g/mol. The van der Waals surface area contributed by atoms with E-state index in [4.69, 9.17) is 32.7 Å². The molecule has 144 valence electrons. The zero-order valence-corrected chi connectivity index (χ0v) is 16.1. The number of carbonyl (C=O) groups is 1. The van der Waals surface area contributed by atoms with E-state index in [1.54, 1.807) is 18.2 Å². The quantitative estimate of drug-likeness (QED) is 0.702. The van der Waals surface area contributed by atoms with Gasteiger partial charge in [0.05, 0.1) is 35.5 Å². The maximum atomic E-state index is 12.6. The minimum Gasteiger partial charge on any atom is -0.490 e. The standard InChI is InChI=1S/C19H15Cl2N3O4/c20-11-6-13-18(14(21)7-11)22-10-24(19(13)26)9-17(25)23-12-2-3-15-16(8-12)28-5-1-4-27-15/h2-3,6-8,10H,1,4-5,9H2,(H,23,25). The number of nitrogens with zero attached hydrogens (tertiary/aromatic N) is 2. The highest BCUT2D eigenvalue weighted by atomic mass is 35.5. The highest BCUT2D eigenvalue weighted by Gasteiger charge is 2.14. The van der Waals surface area contributed by atoms with Gasteiger partial charge in [-0.05, 0) is 24.3 Å². The van der Waals surface area contributed by atoms with Crippen molar-refractivity contribution in [2.75, 3.05) is 18.5 Å². The van der Waals surface area contributed by atoms with Crippen LogP contribution in [0.15, 0.2) is 41.5 Å². The molecule has 0 spiro atoms. The molecule has 9 heteroatoms. The zero-order chi connectivity index (χ0) is 19.7. The molecule has 0 saturated heterocycles. The lowest BCUT2D eigenvalue weighted by Gasteiger charge is -2.11. The zero-order valence-electron chi connectivity index (χ0n) is 14.6. The first-order valence-electron chi connectivity index (χ1n) is 8.55. The Kier molecular flexibility index (Phi) is 5.11. The van der Waals surface area contributed by atoms with E-state index in [0.29, 0.717) is 40.9 Å². The average molecular weight is 420 g/mol. The molecule has 4 rings (SSSR count). The van der Waals surface area contributed by atoms with Gasteiger partial charge in [-0.3, -0.25) is 14.2 Å². The molecule has 0 radical (unpaired) electrons. The van der Waals surface area contributed by atoms with Gasteiger partial charge in [0.15, 0.2) is 11.5 Å². The molecule has 28 heavy (non-hydrogen) atoms. The van der Waals surface area contributed by atoms with Gasteiger partial charge in [-0.1, -0.05) is 23.2 Å². The van der Waals surface area contributed by atoms with E-state index in [9.17, 15) is 9.59 Å². The van der Waals surface area contributed by atoms with Crippen LogP contribution in [0.4, 0.5) is 5.69 Å². The average Bonchev–Trinajstić information content (AvgIpc) is 2.89. The summed E-state index contributed by atoms with van der Waals surface area (Å²) in [7, 11) is 0. The number of carbonyl (C=O) groups excluding carboxylic acids is 1. The second-order valence-electron chi connectivity index (χ2n) is 6.22. The van der Waals surface area contributed by atoms with Crippen LogP contribution >= 0.6 is 23.2 Å². The van der Waals surface area contributed by atoms with Gasteiger partial charge in [0, 0.05) is 23.2 Å². The number of fused-ring (bicyclic) bond motifs is 2. The summed E-state index contributed by atoms with van der Waals surface area (Å²) in [6.07, 6.45) is 2.08. The predicted octanol–water partition coefficient (Wildman–Crippen LogP) is 3.50. The molecular formula is C19H15Cl2N3O4. The number of rotatable bonds is 3. The van der Waals surface area contributed by atoms with E-state index in [0.717, 1.165) is 6.42 Å². The summed E-state index contributed by atoms with van der Waals surface area (Å²) in [5, 5.41) is 3.60. The van der Waals surface area contributed by atoms with Gasteiger partial charge in [0.2, 0.25) is 5.91 Å². The van der Waals surface area contributed by atoms with Crippen LogP contribution in [-0.4, -0.2) is 28.7 Å². The van der Waals surface area contributed by atoms with Crippen molar-refractivity contribution in [3.63, 3.8) is 0 Å². The summed E-state index contributed by atoms with van der Waals surface area (Å²) in [4.78, 5) is 29.2. The molecule has 0 fully saturated rings. The Hall–Kier alpha value is -2.77. The van der Waals surface area contributed by atoms with Crippen molar-refractivity contribution in [3.05, 3.63) is 57.1 Å². The van der Waals surface area contributed by atoms with E-state index < -0.39 is 5.56 Å². The lowest BCUT2D eigenvalue weighted by molar-refractivity contribution is -0.116. The normalized spacial score (nSPS) is 13.2. The number of anilines is 1. The minimum atomic E-state index is -0.400. The molecule has 0 bridgehead atoms. The van der Waals surface area contributed by atoms with E-state index in [-0.39, 0.29) is 22.9 Å². The first-order valence-corrected chi connectivity index (χ1v) is 9.30. The molecular weight excluding hydrogens is 405 g/mol. The van der Waals surface area contributed by atoms with Gasteiger partial charge in [-0.15, -0.1) is 0 Å². The highest BCUT2D eigenvalue weighted by molar-refractivity contribution is 6.38. The Morgan fingerprint density at radius 1 is 1.14 bits per heavy atom. The van der Waals surface area contributed by atoms with Crippen LogP contribution in [-0.2, 0) is 11.3 Å². The van der Waals surface area contributed by atoms with Crippen molar-refractivity contribution in [1.82, 2.24) is 9.55 Å². The van der Waals surface area contributed by atoms with Crippen LogP contribution in [0.1, 0.15) is 6.42 Å². The molecule has 0 atom stereocenters. The van der Waals surface area contributed by atoms with Gasteiger partial charge in [-0.2, -0.15) is 0 Å². The second kappa shape index (κ2) is 7.69. The molecule has 7 nitrogen and oxygen atoms in total. The molecule has 0 aliphatic carbocycles. The largest absolute Gasteiger partial charge is 0.490 e. The molecule has 1 aromatic heterocycles. The third kappa shape index (κ3) is 3.76. The molecule has 1 N–H and O–H groups in total. The Bertz CT molecular complexity index is 1130. The Morgan fingerprint density at radius 3 is 2.75 bits per heavy atom. The number of aromatic nitrogens is 2. The molecule has 0 saturated carbocycles. The molecule has 2 aromatic carbocycles. The molecule has 1 aliphatic rings. The predicted molar refractivity (Wildman–Crippen MR) is 107 cm³/mol. The smallest absolute Gasteiger partial charge is 0.261 e. The molecule has 1 amide bonds. The van der Waals surface area contributed by atoms with Crippen LogP contribution in [0.3, 0.4) is 0 Å². The lowest BCUT2D eigenvalue weighted by Crippen LogP contribution is -2.28. The summed E-state index contributed by atoms with van der Waals surface area (Å²) >= 11 is 12.0. The van der Waals surface area contributed by atoms with Gasteiger partial charge in [-0.25, -0.2) is 4.98 Å². The van der Waals surface area contributed by atoms with Gasteiger partial charge >= 0.3 is 0 Å². The van der Waals surface area contributed by atoms with E-state index in [1.165, 1.54) is 23.0 Å². The van der Waals surface area contributed by atoms with Crippen molar-refractivity contribution in [3.8, 4) is 11.5 Å². The van der Waals surface area contributed by atoms with Gasteiger partial charge in [0.25, 0.3) is 5.56 Å². The number of amides is 1. The summed E-state index contributed by atoms with van der Waals surface area (Å²) in [5.41, 5.74) is 0.487. The number of ether oxygens (including phenoxy) is 2. The van der Waals surface area contributed by atoms with Crippen LogP contribution < -0.4 is 20.3 Å². The van der Waals surface area contributed by atoms with Gasteiger partial charge < -0.3 is 14.8 Å². The Morgan fingerprint density at radius 2 is 1.93 bits per heavy atom. The van der Waals surface area contributed by atoms with E-state index in [1.807, 2.05) is 0 Å². The van der Waals surface area contributed by atoms with Crippen molar-refractivity contribution in [2.45, 2.75) is 13.0 Å². The van der Waals surface area contributed by atoms with Crippen molar-refractivity contribution in [1.29, 1.82) is 0 Å².